The molecule has 0 radical (unpaired) electrons. The fourth-order valence-electron chi connectivity index (χ4n) is 2.42. The van der Waals surface area contributed by atoms with Gasteiger partial charge in [0.25, 0.3) is 15.9 Å². The number of hydrogen-bond donors (Lipinski definition) is 2. The molecule has 0 spiro atoms. The van der Waals surface area contributed by atoms with Crippen LogP contribution in [0.25, 0.3) is 0 Å². The Morgan fingerprint density at radius 1 is 0.962 bits per heavy atom. The summed E-state index contributed by atoms with van der Waals surface area (Å²) in [5, 5.41) is 4.63. The molecule has 0 aliphatic heterocycles. The molecule has 1 unspecified atom stereocenters. The molecule has 3 aromatic rings. The molecule has 1 amide bonds. The van der Waals surface area contributed by atoms with Gasteiger partial charge in [-0.1, -0.05) is 36.4 Å². The number of nitrogens with one attached hydrogen (secondary N) is 2. The molecular formula is C19H18N2O3S2. The van der Waals surface area contributed by atoms with Gasteiger partial charge in [-0.05, 0) is 48.2 Å². The lowest BCUT2D eigenvalue weighted by molar-refractivity contribution is 0.0940. The van der Waals surface area contributed by atoms with Crippen LogP contribution in [0.5, 0.6) is 0 Å². The van der Waals surface area contributed by atoms with Crippen molar-refractivity contribution in [1.29, 1.82) is 0 Å². The molecule has 7 heteroatoms. The molecule has 26 heavy (non-hydrogen) atoms. The van der Waals surface area contributed by atoms with Gasteiger partial charge in [-0.2, -0.15) is 0 Å². The van der Waals surface area contributed by atoms with E-state index in [1.54, 1.807) is 41.8 Å². The van der Waals surface area contributed by atoms with Gasteiger partial charge in [-0.25, -0.2) is 8.42 Å². The smallest absolute Gasteiger partial charge is 0.271 e. The lowest BCUT2D eigenvalue weighted by Gasteiger charge is -2.14. The number of amides is 1. The van der Waals surface area contributed by atoms with Gasteiger partial charge in [0, 0.05) is 11.3 Å². The zero-order valence-corrected chi connectivity index (χ0v) is 15.7. The first-order chi connectivity index (χ1) is 12.5. The number of hydrogen-bond acceptors (Lipinski definition) is 4. The second-order valence-electron chi connectivity index (χ2n) is 5.72. The largest absolute Gasteiger partial charge is 0.346 e. The van der Waals surface area contributed by atoms with E-state index in [1.807, 2.05) is 37.3 Å². The highest BCUT2D eigenvalue weighted by Crippen LogP contribution is 2.20. The Bertz CT molecular complexity index is 967. The Kier molecular flexibility index (Phi) is 5.39. The van der Waals surface area contributed by atoms with Gasteiger partial charge in [0.1, 0.15) is 4.21 Å². The van der Waals surface area contributed by atoms with Crippen molar-refractivity contribution in [1.82, 2.24) is 5.32 Å². The summed E-state index contributed by atoms with van der Waals surface area (Å²) in [5.74, 6) is -0.214. The van der Waals surface area contributed by atoms with Crippen molar-refractivity contribution < 1.29 is 13.2 Å². The van der Waals surface area contributed by atoms with Crippen LogP contribution in [-0.2, 0) is 10.0 Å². The third-order valence-corrected chi connectivity index (χ3v) is 6.59. The van der Waals surface area contributed by atoms with Crippen LogP contribution in [0.4, 0.5) is 5.69 Å². The maximum absolute atomic E-state index is 12.4. The average molecular weight is 386 g/mol. The van der Waals surface area contributed by atoms with E-state index in [9.17, 15) is 13.2 Å². The summed E-state index contributed by atoms with van der Waals surface area (Å²) in [6.07, 6.45) is 0. The fourth-order valence-corrected chi connectivity index (χ4v) is 4.47. The van der Waals surface area contributed by atoms with Crippen LogP contribution in [-0.4, -0.2) is 14.3 Å². The lowest BCUT2D eigenvalue weighted by Crippen LogP contribution is -2.26. The number of anilines is 1. The van der Waals surface area contributed by atoms with Gasteiger partial charge in [0.2, 0.25) is 0 Å². The molecule has 0 saturated heterocycles. The quantitative estimate of drug-likeness (QED) is 0.671. The molecule has 5 nitrogen and oxygen atoms in total. The summed E-state index contributed by atoms with van der Waals surface area (Å²) in [6, 6.07) is 19.1. The topological polar surface area (TPSA) is 75.3 Å². The Labute approximate surface area is 156 Å². The molecule has 0 saturated carbocycles. The van der Waals surface area contributed by atoms with Crippen LogP contribution >= 0.6 is 11.3 Å². The van der Waals surface area contributed by atoms with Crippen molar-refractivity contribution in [2.75, 3.05) is 4.72 Å². The molecule has 134 valence electrons. The third-order valence-electron chi connectivity index (χ3n) is 3.81. The Morgan fingerprint density at radius 3 is 2.27 bits per heavy atom. The van der Waals surface area contributed by atoms with E-state index in [4.69, 9.17) is 0 Å². The number of carbonyl (C=O) groups is 1. The van der Waals surface area contributed by atoms with Crippen molar-refractivity contribution in [2.24, 2.45) is 0 Å². The van der Waals surface area contributed by atoms with Crippen LogP contribution in [0, 0.1) is 0 Å². The second-order valence-corrected chi connectivity index (χ2v) is 8.58. The van der Waals surface area contributed by atoms with Crippen LogP contribution in [0.15, 0.2) is 76.3 Å². The maximum atomic E-state index is 12.4. The average Bonchev–Trinajstić information content (AvgIpc) is 3.18. The first-order valence-corrected chi connectivity index (χ1v) is 10.3. The van der Waals surface area contributed by atoms with Crippen LogP contribution in [0.1, 0.15) is 28.9 Å². The highest BCUT2D eigenvalue weighted by Gasteiger charge is 2.16. The molecule has 1 heterocycles. The minimum atomic E-state index is -3.59. The van der Waals surface area contributed by atoms with Gasteiger partial charge in [0.15, 0.2) is 0 Å². The van der Waals surface area contributed by atoms with E-state index < -0.39 is 10.0 Å². The molecule has 3 rings (SSSR count). The van der Waals surface area contributed by atoms with Gasteiger partial charge < -0.3 is 5.32 Å². The van der Waals surface area contributed by atoms with E-state index in [1.165, 1.54) is 0 Å². The van der Waals surface area contributed by atoms with E-state index in [0.717, 1.165) is 16.9 Å². The molecular weight excluding hydrogens is 368 g/mol. The lowest BCUT2D eigenvalue weighted by atomic mass is 10.1. The van der Waals surface area contributed by atoms with Gasteiger partial charge in [0.05, 0.1) is 6.04 Å². The molecule has 2 N–H and O–H groups in total. The molecule has 0 bridgehead atoms. The fraction of sp³-hybridized carbons (Fsp3) is 0.105. The Morgan fingerprint density at radius 2 is 1.65 bits per heavy atom. The van der Waals surface area contributed by atoms with Crippen molar-refractivity contribution in [3.63, 3.8) is 0 Å². The van der Waals surface area contributed by atoms with Crippen molar-refractivity contribution >= 4 is 33.0 Å². The van der Waals surface area contributed by atoms with Crippen molar-refractivity contribution in [3.05, 3.63) is 83.2 Å². The molecule has 1 atom stereocenters. The monoisotopic (exact) mass is 386 g/mol. The third kappa shape index (κ3) is 4.30. The van der Waals surface area contributed by atoms with Crippen LogP contribution in [0.2, 0.25) is 0 Å². The second kappa shape index (κ2) is 7.72. The minimum absolute atomic E-state index is 0.124. The Balaban J connectivity index is 1.66. The van der Waals surface area contributed by atoms with Gasteiger partial charge in [-0.15, -0.1) is 11.3 Å². The maximum Gasteiger partial charge on any atom is 0.271 e. The Hall–Kier alpha value is -2.64. The van der Waals surface area contributed by atoms with E-state index >= 15 is 0 Å². The highest BCUT2D eigenvalue weighted by molar-refractivity contribution is 7.94. The number of sulfonamides is 1. The summed E-state index contributed by atoms with van der Waals surface area (Å²) in [4.78, 5) is 12.4. The van der Waals surface area contributed by atoms with Crippen molar-refractivity contribution in [3.8, 4) is 0 Å². The molecule has 0 aliphatic carbocycles. The summed E-state index contributed by atoms with van der Waals surface area (Å²) < 4.78 is 27.2. The zero-order chi connectivity index (χ0) is 18.6. The van der Waals surface area contributed by atoms with Crippen LogP contribution in [0.3, 0.4) is 0 Å². The SMILES string of the molecule is CC(NC(=O)c1ccc(NS(=O)(=O)c2cccs2)cc1)c1ccccc1. The summed E-state index contributed by atoms with van der Waals surface area (Å²) in [5.41, 5.74) is 1.89. The van der Waals surface area contributed by atoms with Gasteiger partial charge >= 0.3 is 0 Å². The highest BCUT2D eigenvalue weighted by atomic mass is 32.2. The first kappa shape index (κ1) is 18.2. The van der Waals surface area contributed by atoms with Gasteiger partial charge in [-0.3, -0.25) is 9.52 Å². The molecule has 1 aromatic heterocycles. The summed E-state index contributed by atoms with van der Waals surface area (Å²) in [6.45, 7) is 1.91. The normalized spacial score (nSPS) is 12.3. The molecule has 0 aliphatic rings. The number of benzene rings is 2. The number of thiophene rings is 1. The standard InChI is InChI=1S/C19H18N2O3S2/c1-14(15-6-3-2-4-7-15)20-19(22)16-9-11-17(12-10-16)21-26(23,24)18-8-5-13-25-18/h2-14,21H,1H3,(H,20,22). The summed E-state index contributed by atoms with van der Waals surface area (Å²) in [7, 11) is -3.59. The summed E-state index contributed by atoms with van der Waals surface area (Å²) >= 11 is 1.15. The minimum Gasteiger partial charge on any atom is -0.346 e. The number of carbonyl (C=O) groups excluding carboxylic acids is 1. The first-order valence-electron chi connectivity index (χ1n) is 7.98. The molecule has 2 aromatic carbocycles. The van der Waals surface area contributed by atoms with E-state index in [0.29, 0.717) is 11.3 Å². The van der Waals surface area contributed by atoms with Crippen molar-refractivity contribution in [2.45, 2.75) is 17.2 Å². The number of rotatable bonds is 6. The van der Waals surface area contributed by atoms with E-state index in [2.05, 4.69) is 10.0 Å². The van der Waals surface area contributed by atoms with E-state index in [-0.39, 0.29) is 16.2 Å². The van der Waals surface area contributed by atoms with Crippen LogP contribution < -0.4 is 10.0 Å². The predicted molar refractivity (Wildman–Crippen MR) is 104 cm³/mol. The predicted octanol–water partition coefficient (Wildman–Crippen LogP) is 4.04. The zero-order valence-electron chi connectivity index (χ0n) is 14.0. The molecule has 0 fully saturated rings.